The summed E-state index contributed by atoms with van der Waals surface area (Å²) in [6, 6.07) is 8.71. The van der Waals surface area contributed by atoms with Crippen LogP contribution >= 0.6 is 0 Å². The lowest BCUT2D eigenvalue weighted by atomic mass is 10.2. The Labute approximate surface area is 98.7 Å². The third-order valence-corrected chi connectivity index (χ3v) is 2.20. The van der Waals surface area contributed by atoms with E-state index in [4.69, 9.17) is 5.73 Å². The largest absolute Gasteiger partial charge is 0.326 e. The van der Waals surface area contributed by atoms with Gasteiger partial charge in [-0.3, -0.25) is 9.78 Å². The highest BCUT2D eigenvalue weighted by molar-refractivity contribution is 6.02. The second-order valence-corrected chi connectivity index (χ2v) is 3.42. The predicted octanol–water partition coefficient (Wildman–Crippen LogP) is 1.19. The molecule has 0 unspecified atom stereocenters. The highest BCUT2D eigenvalue weighted by atomic mass is 16.1. The lowest BCUT2D eigenvalue weighted by molar-refractivity contribution is 0.102. The van der Waals surface area contributed by atoms with Gasteiger partial charge in [-0.15, -0.1) is 0 Å². The van der Waals surface area contributed by atoms with Crippen molar-refractivity contribution >= 4 is 11.7 Å². The van der Waals surface area contributed by atoms with Crippen LogP contribution in [-0.2, 0) is 6.54 Å². The minimum atomic E-state index is -0.285. The molecule has 2 aromatic rings. The molecular formula is C12H12N4O. The van der Waals surface area contributed by atoms with Crippen LogP contribution in [0.5, 0.6) is 0 Å². The van der Waals surface area contributed by atoms with Gasteiger partial charge in [0, 0.05) is 18.9 Å². The molecule has 2 aromatic heterocycles. The summed E-state index contributed by atoms with van der Waals surface area (Å²) in [5, 5.41) is 2.65. The smallest absolute Gasteiger partial charge is 0.275 e. The molecule has 0 atom stereocenters. The number of amides is 1. The molecule has 17 heavy (non-hydrogen) atoms. The summed E-state index contributed by atoms with van der Waals surface area (Å²) in [5.74, 6) is 0.217. The molecular weight excluding hydrogens is 216 g/mol. The van der Waals surface area contributed by atoms with E-state index in [-0.39, 0.29) is 5.91 Å². The van der Waals surface area contributed by atoms with Crippen molar-refractivity contribution in [2.75, 3.05) is 5.32 Å². The second-order valence-electron chi connectivity index (χ2n) is 3.42. The quantitative estimate of drug-likeness (QED) is 0.826. The van der Waals surface area contributed by atoms with Crippen molar-refractivity contribution in [3.63, 3.8) is 0 Å². The summed E-state index contributed by atoms with van der Waals surface area (Å²) in [6.45, 7) is 0.412. The summed E-state index contributed by atoms with van der Waals surface area (Å²) in [6.07, 6.45) is 3.20. The number of nitrogens with one attached hydrogen (secondary N) is 1. The van der Waals surface area contributed by atoms with Crippen LogP contribution in [0.25, 0.3) is 0 Å². The molecule has 0 aliphatic rings. The number of anilines is 1. The van der Waals surface area contributed by atoms with Crippen molar-refractivity contribution in [1.29, 1.82) is 0 Å². The molecule has 0 radical (unpaired) electrons. The minimum Gasteiger partial charge on any atom is -0.326 e. The lowest BCUT2D eigenvalue weighted by Gasteiger charge is -2.03. The molecule has 5 nitrogen and oxygen atoms in total. The van der Waals surface area contributed by atoms with Crippen molar-refractivity contribution in [2.45, 2.75) is 6.54 Å². The molecule has 0 aromatic carbocycles. The topological polar surface area (TPSA) is 80.9 Å². The number of carbonyl (C=O) groups is 1. The van der Waals surface area contributed by atoms with Crippen LogP contribution < -0.4 is 11.1 Å². The van der Waals surface area contributed by atoms with Crippen LogP contribution in [0.4, 0.5) is 5.82 Å². The second kappa shape index (κ2) is 5.18. The van der Waals surface area contributed by atoms with Gasteiger partial charge in [0.05, 0.1) is 0 Å². The number of rotatable bonds is 3. The van der Waals surface area contributed by atoms with E-state index < -0.39 is 0 Å². The molecule has 0 spiro atoms. The Morgan fingerprint density at radius 3 is 2.71 bits per heavy atom. The molecule has 0 saturated heterocycles. The van der Waals surface area contributed by atoms with Crippen molar-refractivity contribution in [2.24, 2.45) is 5.73 Å². The van der Waals surface area contributed by atoms with Crippen LogP contribution in [-0.4, -0.2) is 15.9 Å². The van der Waals surface area contributed by atoms with Crippen LogP contribution in [0.15, 0.2) is 42.7 Å². The van der Waals surface area contributed by atoms with Crippen LogP contribution in [0.3, 0.4) is 0 Å². The van der Waals surface area contributed by atoms with E-state index in [1.807, 2.05) is 0 Å². The van der Waals surface area contributed by atoms with Crippen molar-refractivity contribution in [3.05, 3.63) is 54.0 Å². The summed E-state index contributed by atoms with van der Waals surface area (Å²) >= 11 is 0. The van der Waals surface area contributed by atoms with Gasteiger partial charge in [0.2, 0.25) is 0 Å². The van der Waals surface area contributed by atoms with Crippen molar-refractivity contribution in [3.8, 4) is 0 Å². The molecule has 0 saturated carbocycles. The molecule has 2 heterocycles. The van der Waals surface area contributed by atoms with Crippen LogP contribution in [0.1, 0.15) is 16.1 Å². The fourth-order valence-corrected chi connectivity index (χ4v) is 1.30. The van der Waals surface area contributed by atoms with E-state index in [1.54, 1.807) is 42.7 Å². The summed E-state index contributed by atoms with van der Waals surface area (Å²) in [5.41, 5.74) is 6.68. The van der Waals surface area contributed by atoms with Crippen LogP contribution in [0, 0.1) is 0 Å². The van der Waals surface area contributed by atoms with E-state index in [0.717, 1.165) is 5.56 Å². The standard InChI is InChI=1S/C12H12N4O/c13-7-9-4-5-10(15-8-9)12(17)16-11-3-1-2-6-14-11/h1-6,8H,7,13H2,(H,14,16,17). The Morgan fingerprint density at radius 1 is 1.24 bits per heavy atom. The number of aromatic nitrogens is 2. The highest BCUT2D eigenvalue weighted by Gasteiger charge is 2.07. The summed E-state index contributed by atoms with van der Waals surface area (Å²) in [4.78, 5) is 19.8. The molecule has 0 aliphatic heterocycles. The van der Waals surface area contributed by atoms with E-state index >= 15 is 0 Å². The first-order valence-corrected chi connectivity index (χ1v) is 5.17. The number of nitrogens with two attached hydrogens (primary N) is 1. The molecule has 0 bridgehead atoms. The van der Waals surface area contributed by atoms with Gasteiger partial charge in [0.15, 0.2) is 0 Å². The van der Waals surface area contributed by atoms with Gasteiger partial charge in [-0.05, 0) is 23.8 Å². The third kappa shape index (κ3) is 2.85. The molecule has 0 fully saturated rings. The van der Waals surface area contributed by atoms with Gasteiger partial charge in [-0.1, -0.05) is 12.1 Å². The third-order valence-electron chi connectivity index (χ3n) is 2.20. The van der Waals surface area contributed by atoms with E-state index in [0.29, 0.717) is 18.1 Å². The normalized spacial score (nSPS) is 9.94. The Hall–Kier alpha value is -2.27. The molecule has 86 valence electrons. The average molecular weight is 228 g/mol. The summed E-state index contributed by atoms with van der Waals surface area (Å²) in [7, 11) is 0. The number of hydrogen-bond acceptors (Lipinski definition) is 4. The number of nitrogens with zero attached hydrogens (tertiary/aromatic N) is 2. The number of carbonyl (C=O) groups excluding carboxylic acids is 1. The lowest BCUT2D eigenvalue weighted by Crippen LogP contribution is -2.14. The zero-order valence-corrected chi connectivity index (χ0v) is 9.13. The first kappa shape index (κ1) is 11.2. The van der Waals surface area contributed by atoms with Gasteiger partial charge in [0.25, 0.3) is 5.91 Å². The fourth-order valence-electron chi connectivity index (χ4n) is 1.30. The van der Waals surface area contributed by atoms with E-state index in [2.05, 4.69) is 15.3 Å². The zero-order valence-electron chi connectivity index (χ0n) is 9.13. The Balaban J connectivity index is 2.09. The molecule has 5 heteroatoms. The van der Waals surface area contributed by atoms with Crippen molar-refractivity contribution < 1.29 is 4.79 Å². The van der Waals surface area contributed by atoms with Gasteiger partial charge in [0.1, 0.15) is 11.5 Å². The minimum absolute atomic E-state index is 0.285. The van der Waals surface area contributed by atoms with Crippen molar-refractivity contribution in [1.82, 2.24) is 9.97 Å². The van der Waals surface area contributed by atoms with Gasteiger partial charge >= 0.3 is 0 Å². The Kier molecular flexibility index (Phi) is 3.42. The first-order valence-electron chi connectivity index (χ1n) is 5.17. The van der Waals surface area contributed by atoms with Gasteiger partial charge in [-0.2, -0.15) is 0 Å². The average Bonchev–Trinajstić information content (AvgIpc) is 2.40. The summed E-state index contributed by atoms with van der Waals surface area (Å²) < 4.78 is 0. The van der Waals surface area contributed by atoms with E-state index in [9.17, 15) is 4.79 Å². The number of pyridine rings is 2. The predicted molar refractivity (Wildman–Crippen MR) is 64.3 cm³/mol. The molecule has 1 amide bonds. The highest BCUT2D eigenvalue weighted by Crippen LogP contribution is 2.04. The zero-order chi connectivity index (χ0) is 12.1. The maximum atomic E-state index is 11.8. The molecule has 2 rings (SSSR count). The van der Waals surface area contributed by atoms with Gasteiger partial charge in [-0.25, -0.2) is 4.98 Å². The van der Waals surface area contributed by atoms with Gasteiger partial charge < -0.3 is 11.1 Å². The Bertz CT molecular complexity index is 496. The SMILES string of the molecule is NCc1ccc(C(=O)Nc2ccccn2)nc1. The maximum absolute atomic E-state index is 11.8. The van der Waals surface area contributed by atoms with Crippen LogP contribution in [0.2, 0.25) is 0 Å². The molecule has 0 aliphatic carbocycles. The monoisotopic (exact) mass is 228 g/mol. The number of hydrogen-bond donors (Lipinski definition) is 2. The fraction of sp³-hybridized carbons (Fsp3) is 0.0833. The first-order chi connectivity index (χ1) is 8.29. The molecule has 3 N–H and O–H groups in total. The van der Waals surface area contributed by atoms with E-state index in [1.165, 1.54) is 0 Å². The maximum Gasteiger partial charge on any atom is 0.275 e. The Morgan fingerprint density at radius 2 is 2.12 bits per heavy atom.